The van der Waals surface area contributed by atoms with Crippen LogP contribution in [-0.2, 0) is 22.7 Å². The molecular weight excluding hydrogens is 531 g/mol. The Hall–Kier alpha value is -3.89. The van der Waals surface area contributed by atoms with Crippen LogP contribution in [-0.4, -0.2) is 64.2 Å². The molecule has 4 rings (SSSR count). The SMILES string of the molecule is Cc1ccsc1CN(Cc1ccc(F)cc1)C(=O)CN(CCN1CCCC1)C(=O)C=Cc1ccc([N+](=O)[O-])cc1. The summed E-state index contributed by atoms with van der Waals surface area (Å²) in [5, 5.41) is 12.9. The van der Waals surface area contributed by atoms with Gasteiger partial charge in [-0.2, -0.15) is 0 Å². The molecule has 40 heavy (non-hydrogen) atoms. The number of nitro benzene ring substituents is 1. The van der Waals surface area contributed by atoms with Gasteiger partial charge in [-0.05, 0) is 91.3 Å². The van der Waals surface area contributed by atoms with Crippen molar-refractivity contribution >= 4 is 34.9 Å². The lowest BCUT2D eigenvalue weighted by Gasteiger charge is -2.28. The third-order valence-corrected chi connectivity index (χ3v) is 7.99. The number of likely N-dealkylation sites (tertiary alicyclic amines) is 1. The first-order chi connectivity index (χ1) is 19.3. The van der Waals surface area contributed by atoms with Gasteiger partial charge < -0.3 is 14.7 Å². The fraction of sp³-hybridized carbons (Fsp3) is 0.333. The third kappa shape index (κ3) is 8.30. The second-order valence-electron chi connectivity index (χ2n) is 9.89. The number of rotatable bonds is 12. The van der Waals surface area contributed by atoms with Crippen LogP contribution < -0.4 is 0 Å². The van der Waals surface area contributed by atoms with E-state index in [1.54, 1.807) is 51.5 Å². The zero-order valence-electron chi connectivity index (χ0n) is 22.5. The van der Waals surface area contributed by atoms with Gasteiger partial charge in [-0.1, -0.05) is 12.1 Å². The fourth-order valence-electron chi connectivity index (χ4n) is 4.56. The standard InChI is InChI=1S/C30H33FN4O4S/c1-23-14-19-40-28(23)21-34(20-25-4-9-26(31)10-5-25)30(37)22-33(18-17-32-15-2-3-16-32)29(36)13-8-24-6-11-27(12-7-24)35(38)39/h4-14,19H,2-3,15-18,20-22H2,1H3. The number of aryl methyl sites for hydroxylation is 1. The number of hydrogen-bond donors (Lipinski definition) is 0. The van der Waals surface area contributed by atoms with Gasteiger partial charge in [-0.15, -0.1) is 11.3 Å². The van der Waals surface area contributed by atoms with E-state index in [-0.39, 0.29) is 29.9 Å². The Balaban J connectivity index is 1.51. The van der Waals surface area contributed by atoms with Crippen molar-refractivity contribution < 1.29 is 18.9 Å². The number of nitrogens with zero attached hydrogens (tertiary/aromatic N) is 4. The summed E-state index contributed by atoms with van der Waals surface area (Å²) in [6, 6.07) is 14.0. The van der Waals surface area contributed by atoms with Crippen LogP contribution >= 0.6 is 11.3 Å². The van der Waals surface area contributed by atoms with Crippen molar-refractivity contribution in [3.8, 4) is 0 Å². The molecule has 1 aliphatic heterocycles. The average molecular weight is 565 g/mol. The molecule has 210 valence electrons. The maximum Gasteiger partial charge on any atom is 0.269 e. The Labute approximate surface area is 237 Å². The number of nitro groups is 1. The van der Waals surface area contributed by atoms with E-state index in [0.717, 1.165) is 41.9 Å². The number of halogens is 1. The number of non-ortho nitro benzene ring substituents is 1. The minimum absolute atomic E-state index is 0.0245. The first kappa shape index (κ1) is 29.1. The van der Waals surface area contributed by atoms with Crippen LogP contribution in [0.2, 0.25) is 0 Å². The van der Waals surface area contributed by atoms with Crippen LogP contribution in [0, 0.1) is 22.9 Å². The van der Waals surface area contributed by atoms with Crippen LogP contribution in [0.1, 0.15) is 34.4 Å². The van der Waals surface area contributed by atoms with Crippen molar-refractivity contribution in [3.05, 3.63) is 104 Å². The lowest BCUT2D eigenvalue weighted by atomic mass is 10.2. The first-order valence-corrected chi connectivity index (χ1v) is 14.2. The second-order valence-corrected chi connectivity index (χ2v) is 10.9. The smallest absolute Gasteiger partial charge is 0.269 e. The zero-order valence-corrected chi connectivity index (χ0v) is 23.3. The van der Waals surface area contributed by atoms with Gasteiger partial charge in [-0.3, -0.25) is 19.7 Å². The number of amides is 2. The number of hydrogen-bond acceptors (Lipinski definition) is 6. The summed E-state index contributed by atoms with van der Waals surface area (Å²) < 4.78 is 13.5. The molecule has 8 nitrogen and oxygen atoms in total. The van der Waals surface area contributed by atoms with Gasteiger partial charge in [-0.25, -0.2) is 4.39 Å². The Bertz CT molecular complexity index is 1330. The molecule has 0 radical (unpaired) electrons. The summed E-state index contributed by atoms with van der Waals surface area (Å²) in [5.41, 5.74) is 2.52. The summed E-state index contributed by atoms with van der Waals surface area (Å²) in [6.07, 6.45) is 5.26. The van der Waals surface area contributed by atoms with Crippen molar-refractivity contribution in [2.24, 2.45) is 0 Å². The molecular formula is C30H33FN4O4S. The van der Waals surface area contributed by atoms with Gasteiger partial charge >= 0.3 is 0 Å². The van der Waals surface area contributed by atoms with Crippen LogP contribution in [0.4, 0.5) is 10.1 Å². The normalized spacial score (nSPS) is 13.6. The Morgan fingerprint density at radius 1 is 1.02 bits per heavy atom. The van der Waals surface area contributed by atoms with Gasteiger partial charge in [0.2, 0.25) is 11.8 Å². The molecule has 2 amide bonds. The summed E-state index contributed by atoms with van der Waals surface area (Å²) in [4.78, 5) is 44.1. The van der Waals surface area contributed by atoms with Gasteiger partial charge in [0.15, 0.2) is 0 Å². The molecule has 1 fully saturated rings. The fourth-order valence-corrected chi connectivity index (χ4v) is 5.48. The van der Waals surface area contributed by atoms with E-state index in [1.165, 1.54) is 30.3 Å². The molecule has 0 N–H and O–H groups in total. The van der Waals surface area contributed by atoms with Crippen molar-refractivity contribution in [1.82, 2.24) is 14.7 Å². The lowest BCUT2D eigenvalue weighted by molar-refractivity contribution is -0.384. The summed E-state index contributed by atoms with van der Waals surface area (Å²) in [7, 11) is 0. The highest BCUT2D eigenvalue weighted by Gasteiger charge is 2.23. The topological polar surface area (TPSA) is 87.0 Å². The van der Waals surface area contributed by atoms with E-state index >= 15 is 0 Å². The lowest BCUT2D eigenvalue weighted by Crippen LogP contribution is -2.44. The van der Waals surface area contributed by atoms with Crippen molar-refractivity contribution in [1.29, 1.82) is 0 Å². The van der Waals surface area contributed by atoms with Gasteiger partial charge in [0.1, 0.15) is 12.4 Å². The molecule has 2 heterocycles. The second kappa shape index (κ2) is 14.0. The van der Waals surface area contributed by atoms with Crippen molar-refractivity contribution in [2.45, 2.75) is 32.9 Å². The number of thiophene rings is 1. The van der Waals surface area contributed by atoms with Gasteiger partial charge in [0.25, 0.3) is 5.69 Å². The Morgan fingerprint density at radius 3 is 2.35 bits per heavy atom. The molecule has 0 unspecified atom stereocenters. The highest BCUT2D eigenvalue weighted by atomic mass is 32.1. The number of carbonyl (C=O) groups excluding carboxylic acids is 2. The number of carbonyl (C=O) groups is 2. The van der Waals surface area contributed by atoms with Crippen LogP contribution in [0.3, 0.4) is 0 Å². The largest absolute Gasteiger partial charge is 0.332 e. The minimum Gasteiger partial charge on any atom is -0.332 e. The average Bonchev–Trinajstić information content (AvgIpc) is 3.62. The zero-order chi connectivity index (χ0) is 28.5. The van der Waals surface area contributed by atoms with E-state index in [2.05, 4.69) is 4.90 Å². The van der Waals surface area contributed by atoms with Crippen LogP contribution in [0.15, 0.2) is 66.1 Å². The molecule has 2 aromatic carbocycles. The Kier molecular flexibility index (Phi) is 10.2. The molecule has 0 spiro atoms. The summed E-state index contributed by atoms with van der Waals surface area (Å²) in [6.45, 7) is 5.62. The van der Waals surface area contributed by atoms with E-state index in [9.17, 15) is 24.1 Å². The minimum atomic E-state index is -0.472. The molecule has 0 saturated carbocycles. The van der Waals surface area contributed by atoms with E-state index in [1.807, 2.05) is 18.4 Å². The molecule has 0 aliphatic carbocycles. The predicted octanol–water partition coefficient (Wildman–Crippen LogP) is 5.27. The van der Waals surface area contributed by atoms with Gasteiger partial charge in [0.05, 0.1) is 11.5 Å². The first-order valence-electron chi connectivity index (χ1n) is 13.3. The predicted molar refractivity (Wildman–Crippen MR) is 154 cm³/mol. The van der Waals surface area contributed by atoms with Gasteiger partial charge in [0, 0.05) is 42.7 Å². The molecule has 10 heteroatoms. The van der Waals surface area contributed by atoms with E-state index in [0.29, 0.717) is 31.7 Å². The molecule has 1 aromatic heterocycles. The van der Waals surface area contributed by atoms with Crippen molar-refractivity contribution in [3.63, 3.8) is 0 Å². The van der Waals surface area contributed by atoms with E-state index < -0.39 is 4.92 Å². The molecule has 0 atom stereocenters. The van der Waals surface area contributed by atoms with Crippen LogP contribution in [0.5, 0.6) is 0 Å². The molecule has 0 bridgehead atoms. The third-order valence-electron chi connectivity index (χ3n) is 6.99. The molecule has 1 saturated heterocycles. The quantitative estimate of drug-likeness (QED) is 0.170. The number of benzene rings is 2. The summed E-state index contributed by atoms with van der Waals surface area (Å²) in [5.74, 6) is -0.843. The van der Waals surface area contributed by atoms with E-state index in [4.69, 9.17) is 0 Å². The maximum atomic E-state index is 13.7. The van der Waals surface area contributed by atoms with Crippen molar-refractivity contribution in [2.75, 3.05) is 32.7 Å². The highest BCUT2D eigenvalue weighted by Crippen LogP contribution is 2.20. The summed E-state index contributed by atoms with van der Waals surface area (Å²) >= 11 is 1.57. The highest BCUT2D eigenvalue weighted by molar-refractivity contribution is 7.10. The molecule has 1 aliphatic rings. The molecule has 3 aromatic rings. The Morgan fingerprint density at radius 2 is 1.73 bits per heavy atom. The monoisotopic (exact) mass is 564 g/mol. The maximum absolute atomic E-state index is 13.7. The van der Waals surface area contributed by atoms with Crippen LogP contribution in [0.25, 0.3) is 6.08 Å².